The van der Waals surface area contributed by atoms with Crippen LogP contribution in [0.25, 0.3) is 0 Å². The SMILES string of the molecule is CS(=O)(=O)N(CC(=O)Nc1ccccc1C(=O)N1CCCCC1)c1ccc(Br)cc1. The number of nitrogens with one attached hydrogen (secondary N) is 1. The van der Waals surface area contributed by atoms with Crippen LogP contribution in [-0.2, 0) is 14.8 Å². The zero-order valence-corrected chi connectivity index (χ0v) is 19.1. The molecule has 3 rings (SSSR count). The number of nitrogens with zero attached hydrogens (tertiary/aromatic N) is 2. The molecule has 2 aromatic carbocycles. The van der Waals surface area contributed by atoms with Gasteiger partial charge in [0.15, 0.2) is 0 Å². The molecule has 0 bridgehead atoms. The van der Waals surface area contributed by atoms with Crippen LogP contribution < -0.4 is 9.62 Å². The Morgan fingerprint density at radius 1 is 1.03 bits per heavy atom. The number of likely N-dealkylation sites (tertiary alicyclic amines) is 1. The lowest BCUT2D eigenvalue weighted by atomic mass is 10.1. The minimum absolute atomic E-state index is 0.126. The molecule has 0 atom stereocenters. The number of rotatable bonds is 6. The summed E-state index contributed by atoms with van der Waals surface area (Å²) in [5.74, 6) is -0.652. The van der Waals surface area contributed by atoms with Gasteiger partial charge in [-0.1, -0.05) is 28.1 Å². The van der Waals surface area contributed by atoms with Crippen LogP contribution in [0.4, 0.5) is 11.4 Å². The molecule has 1 fully saturated rings. The molecule has 1 aliphatic rings. The van der Waals surface area contributed by atoms with E-state index in [0.29, 0.717) is 30.0 Å². The third-order valence-corrected chi connectivity index (χ3v) is 6.55. The van der Waals surface area contributed by atoms with Crippen molar-refractivity contribution in [2.75, 3.05) is 35.5 Å². The number of hydrogen-bond acceptors (Lipinski definition) is 4. The van der Waals surface area contributed by atoms with Crippen LogP contribution >= 0.6 is 15.9 Å². The van der Waals surface area contributed by atoms with Crippen LogP contribution in [0, 0.1) is 0 Å². The van der Waals surface area contributed by atoms with Gasteiger partial charge in [0.05, 0.1) is 23.2 Å². The summed E-state index contributed by atoms with van der Waals surface area (Å²) in [4.78, 5) is 27.4. The molecule has 0 saturated carbocycles. The normalized spacial score (nSPS) is 14.3. The van der Waals surface area contributed by atoms with E-state index in [4.69, 9.17) is 0 Å². The molecule has 2 amide bonds. The average Bonchev–Trinajstić information content (AvgIpc) is 2.72. The monoisotopic (exact) mass is 493 g/mol. The number of carbonyl (C=O) groups is 2. The van der Waals surface area contributed by atoms with Crippen molar-refractivity contribution in [2.24, 2.45) is 0 Å². The smallest absolute Gasteiger partial charge is 0.255 e. The first-order valence-corrected chi connectivity index (χ1v) is 12.3. The van der Waals surface area contributed by atoms with Crippen molar-refractivity contribution in [3.05, 3.63) is 58.6 Å². The molecule has 1 saturated heterocycles. The number of para-hydroxylation sites is 1. The molecule has 160 valence electrons. The van der Waals surface area contributed by atoms with E-state index in [0.717, 1.165) is 34.3 Å². The Bertz CT molecular complexity index is 1020. The van der Waals surface area contributed by atoms with Gasteiger partial charge in [-0.3, -0.25) is 13.9 Å². The van der Waals surface area contributed by atoms with Gasteiger partial charge in [0.2, 0.25) is 15.9 Å². The number of hydrogen-bond donors (Lipinski definition) is 1. The summed E-state index contributed by atoms with van der Waals surface area (Å²) < 4.78 is 26.4. The van der Waals surface area contributed by atoms with Crippen LogP contribution in [0.3, 0.4) is 0 Å². The third-order valence-electron chi connectivity index (χ3n) is 4.88. The molecule has 0 radical (unpaired) electrons. The number of carbonyl (C=O) groups excluding carboxylic acids is 2. The Hall–Kier alpha value is -2.39. The van der Waals surface area contributed by atoms with Crippen LogP contribution in [0.15, 0.2) is 53.0 Å². The van der Waals surface area contributed by atoms with E-state index in [1.807, 2.05) is 0 Å². The van der Waals surface area contributed by atoms with E-state index < -0.39 is 22.5 Å². The molecule has 0 unspecified atom stereocenters. The topological polar surface area (TPSA) is 86.8 Å². The molecule has 30 heavy (non-hydrogen) atoms. The van der Waals surface area contributed by atoms with Crippen molar-refractivity contribution in [1.29, 1.82) is 0 Å². The summed E-state index contributed by atoms with van der Waals surface area (Å²) in [6, 6.07) is 13.5. The second-order valence-corrected chi connectivity index (χ2v) is 10.0. The molecule has 2 aromatic rings. The van der Waals surface area contributed by atoms with Gasteiger partial charge < -0.3 is 10.2 Å². The highest BCUT2D eigenvalue weighted by molar-refractivity contribution is 9.10. The fourth-order valence-electron chi connectivity index (χ4n) is 3.37. The number of piperidine rings is 1. The lowest BCUT2D eigenvalue weighted by molar-refractivity contribution is -0.114. The molecule has 0 aliphatic carbocycles. The Morgan fingerprint density at radius 3 is 2.30 bits per heavy atom. The highest BCUT2D eigenvalue weighted by atomic mass is 79.9. The van der Waals surface area contributed by atoms with E-state index in [1.54, 1.807) is 53.4 Å². The van der Waals surface area contributed by atoms with Crippen LogP contribution in [0.5, 0.6) is 0 Å². The van der Waals surface area contributed by atoms with Crippen molar-refractivity contribution >= 4 is 49.1 Å². The van der Waals surface area contributed by atoms with Crippen molar-refractivity contribution in [3.8, 4) is 0 Å². The van der Waals surface area contributed by atoms with E-state index in [2.05, 4.69) is 21.2 Å². The Labute approximate surface area is 185 Å². The van der Waals surface area contributed by atoms with Crippen LogP contribution in [0.2, 0.25) is 0 Å². The van der Waals surface area contributed by atoms with E-state index in [9.17, 15) is 18.0 Å². The van der Waals surface area contributed by atoms with Gasteiger partial charge in [0.1, 0.15) is 6.54 Å². The highest BCUT2D eigenvalue weighted by Gasteiger charge is 2.24. The van der Waals surface area contributed by atoms with Crippen molar-refractivity contribution in [3.63, 3.8) is 0 Å². The molecule has 9 heteroatoms. The minimum atomic E-state index is -3.68. The van der Waals surface area contributed by atoms with Gasteiger partial charge in [-0.05, 0) is 55.7 Å². The summed E-state index contributed by atoms with van der Waals surface area (Å²) in [5.41, 5.74) is 1.16. The van der Waals surface area contributed by atoms with E-state index in [1.165, 1.54) is 0 Å². The van der Waals surface area contributed by atoms with Gasteiger partial charge in [-0.15, -0.1) is 0 Å². The molecule has 0 aromatic heterocycles. The van der Waals surface area contributed by atoms with Crippen molar-refractivity contribution in [1.82, 2.24) is 4.90 Å². The Balaban J connectivity index is 1.78. The fourth-order valence-corrected chi connectivity index (χ4v) is 4.49. The minimum Gasteiger partial charge on any atom is -0.339 e. The second-order valence-electron chi connectivity index (χ2n) is 7.19. The first-order chi connectivity index (χ1) is 14.3. The van der Waals surface area contributed by atoms with Gasteiger partial charge in [0, 0.05) is 17.6 Å². The van der Waals surface area contributed by atoms with Crippen molar-refractivity contribution < 1.29 is 18.0 Å². The van der Waals surface area contributed by atoms with Gasteiger partial charge in [-0.25, -0.2) is 8.42 Å². The van der Waals surface area contributed by atoms with Crippen molar-refractivity contribution in [2.45, 2.75) is 19.3 Å². The molecule has 1 aliphatic heterocycles. The fraction of sp³-hybridized carbons (Fsp3) is 0.333. The Kier molecular flexibility index (Phi) is 7.14. The third kappa shape index (κ3) is 5.60. The standard InChI is InChI=1S/C21H24BrN3O4S/c1-30(28,29)25(17-11-9-16(22)10-12-17)15-20(26)23-19-8-4-3-7-18(19)21(27)24-13-5-2-6-14-24/h3-4,7-12H,2,5-6,13-15H2,1H3,(H,23,26). The molecular weight excluding hydrogens is 470 g/mol. The maximum atomic E-state index is 12.9. The summed E-state index contributed by atoms with van der Waals surface area (Å²) >= 11 is 3.31. The quantitative estimate of drug-likeness (QED) is 0.667. The maximum absolute atomic E-state index is 12.9. The first-order valence-electron chi connectivity index (χ1n) is 9.67. The van der Waals surface area contributed by atoms with E-state index >= 15 is 0 Å². The number of benzene rings is 2. The van der Waals surface area contributed by atoms with E-state index in [-0.39, 0.29) is 5.91 Å². The summed E-state index contributed by atoms with van der Waals surface area (Å²) in [7, 11) is -3.68. The molecule has 1 heterocycles. The first kappa shape index (κ1) is 22.3. The lowest BCUT2D eigenvalue weighted by Gasteiger charge is -2.27. The number of amides is 2. The van der Waals surface area contributed by atoms with Gasteiger partial charge >= 0.3 is 0 Å². The number of anilines is 2. The zero-order chi connectivity index (χ0) is 21.7. The highest BCUT2D eigenvalue weighted by Crippen LogP contribution is 2.22. The summed E-state index contributed by atoms with van der Waals surface area (Å²) in [6.07, 6.45) is 4.10. The zero-order valence-electron chi connectivity index (χ0n) is 16.7. The molecule has 0 spiro atoms. The largest absolute Gasteiger partial charge is 0.339 e. The average molecular weight is 494 g/mol. The Morgan fingerprint density at radius 2 is 1.67 bits per heavy atom. The predicted octanol–water partition coefficient (Wildman–Crippen LogP) is 3.48. The molecule has 1 N–H and O–H groups in total. The van der Waals surface area contributed by atoms with Gasteiger partial charge in [0.25, 0.3) is 5.91 Å². The molecule has 7 nitrogen and oxygen atoms in total. The van der Waals surface area contributed by atoms with Crippen LogP contribution in [0.1, 0.15) is 29.6 Å². The maximum Gasteiger partial charge on any atom is 0.255 e. The van der Waals surface area contributed by atoms with Gasteiger partial charge in [-0.2, -0.15) is 0 Å². The summed E-state index contributed by atoms with van der Waals surface area (Å²) in [6.45, 7) is 1.01. The summed E-state index contributed by atoms with van der Waals surface area (Å²) in [5, 5.41) is 2.71. The number of sulfonamides is 1. The number of halogens is 1. The van der Waals surface area contributed by atoms with Crippen LogP contribution in [-0.4, -0.2) is 51.0 Å². The predicted molar refractivity (Wildman–Crippen MR) is 121 cm³/mol. The lowest BCUT2D eigenvalue weighted by Crippen LogP contribution is -2.38. The molecular formula is C21H24BrN3O4S. The second kappa shape index (κ2) is 9.61.